The number of hydrogen-bond acceptors (Lipinski definition) is 17. The minimum absolute atomic E-state index is 0.0250. The van der Waals surface area contributed by atoms with Gasteiger partial charge in [0, 0.05) is 111 Å². The van der Waals surface area contributed by atoms with Crippen LogP contribution in [-0.4, -0.2) is 286 Å². The highest BCUT2D eigenvalue weighted by Gasteiger charge is 2.63. The second-order valence-electron chi connectivity index (χ2n) is 31.0. The predicted octanol–water partition coefficient (Wildman–Crippen LogP) is 4.70. The lowest BCUT2D eigenvalue weighted by Crippen LogP contribution is -2.80. The first-order valence-electron chi connectivity index (χ1n) is 36.7. The van der Waals surface area contributed by atoms with Crippen LogP contribution in [0.4, 0.5) is 40.7 Å². The number of amides is 6. The fourth-order valence-electron chi connectivity index (χ4n) is 21.0. The molecule has 13 aliphatic rings. The van der Waals surface area contributed by atoms with Crippen LogP contribution >= 0.6 is 0 Å². The molecule has 0 radical (unpaired) electrons. The standard InChI is InChI=1S/C69H106F6N12O11/c1-8-51(88)82-19-21-84(36(6)30-82)63-41-29-46(75)58-54-44(73)26-38(27-48(54)96-32-49(93-23-15-70)61(94-24-16-71)39-13-17-76-55(34(3)4)59(39)86(65(41)79-58)67(90)80-63)25-35(5)56-60-40(14-18-77-56)62-50(97-69(92)98-62)33-95-47-12-10-11-43(72)53(47)57-45(74)28-42-64(81-68(91)87(60)66(42)78-57)85-22-20-83(31-37(85)7)52(89)9-2/h8-9,34-50,53-66,76-79H,1-2,10-33H2,3-7H3,(H,80,90)(H,81,91)/t35?,36-,37-,38?,39?,40?,41?,42?,43?,44?,45?,46?,47?,48?,49?,50?,53?,54?,55?,56?,57?,58?,59?,60?,61?,62?,63?,64?,65?,66?/m0/s1. The van der Waals surface area contributed by atoms with Gasteiger partial charge < -0.3 is 69.3 Å². The normalized spacial score (nSPS) is 45.1. The highest BCUT2D eigenvalue weighted by Crippen LogP contribution is 2.50. The molecule has 550 valence electrons. The van der Waals surface area contributed by atoms with Gasteiger partial charge in [-0.05, 0) is 121 Å². The summed E-state index contributed by atoms with van der Waals surface area (Å²) in [6.45, 7) is 17.6. The monoisotopic (exact) mass is 1390 g/mol. The number of piperidine rings is 4. The van der Waals surface area contributed by atoms with Crippen LogP contribution < -0.4 is 31.9 Å². The van der Waals surface area contributed by atoms with Crippen LogP contribution in [0.1, 0.15) is 98.8 Å². The summed E-state index contributed by atoms with van der Waals surface area (Å²) < 4.78 is 139. The fourth-order valence-corrected chi connectivity index (χ4v) is 21.0. The molecule has 98 heavy (non-hydrogen) atoms. The molecule has 23 nitrogen and oxygen atoms in total. The van der Waals surface area contributed by atoms with E-state index >= 15 is 27.2 Å². The zero-order chi connectivity index (χ0) is 69.1. The van der Waals surface area contributed by atoms with Gasteiger partial charge in [0.1, 0.15) is 50.2 Å². The van der Waals surface area contributed by atoms with Crippen molar-refractivity contribution in [3.63, 3.8) is 0 Å². The summed E-state index contributed by atoms with van der Waals surface area (Å²) in [6, 6.07) is -6.16. The number of rotatable bonds is 14. The van der Waals surface area contributed by atoms with Gasteiger partial charge in [-0.3, -0.25) is 30.0 Å². The highest BCUT2D eigenvalue weighted by molar-refractivity contribution is 5.87. The van der Waals surface area contributed by atoms with Crippen LogP contribution in [0.25, 0.3) is 0 Å². The molecule has 0 aromatic heterocycles. The molecule has 4 bridgehead atoms. The first-order chi connectivity index (χ1) is 47.2. The average molecular weight is 1390 g/mol. The Labute approximate surface area is 571 Å². The van der Waals surface area contributed by atoms with E-state index in [1.54, 1.807) is 19.6 Å². The van der Waals surface area contributed by atoms with Crippen molar-refractivity contribution in [2.75, 3.05) is 92.1 Å². The maximum absolute atomic E-state index is 18.6. The molecule has 2 aliphatic carbocycles. The number of ether oxygens (including phenoxy) is 6. The Hall–Kier alpha value is -4.59. The van der Waals surface area contributed by atoms with Crippen LogP contribution in [0.5, 0.6) is 0 Å². The summed E-state index contributed by atoms with van der Waals surface area (Å²) in [7, 11) is 0. The minimum atomic E-state index is -1.69. The van der Waals surface area contributed by atoms with Crippen molar-refractivity contribution in [1.29, 1.82) is 0 Å². The average Bonchev–Trinajstić information content (AvgIpc) is 0.834. The molecule has 11 saturated heterocycles. The van der Waals surface area contributed by atoms with Gasteiger partial charge in [-0.25, -0.2) is 40.7 Å². The topological polar surface area (TPSA) is 232 Å². The summed E-state index contributed by atoms with van der Waals surface area (Å²) in [5, 5.41) is 21.4. The number of nitrogens with one attached hydrogen (secondary N) is 6. The first kappa shape index (κ1) is 71.8. The molecule has 11 heterocycles. The number of carbonyl (C=O) groups is 5. The Morgan fingerprint density at radius 3 is 1.73 bits per heavy atom. The third kappa shape index (κ3) is 13.7. The van der Waals surface area contributed by atoms with E-state index in [1.807, 2.05) is 34.6 Å². The van der Waals surface area contributed by atoms with Crippen molar-refractivity contribution in [3.05, 3.63) is 25.3 Å². The Kier molecular flexibility index (Phi) is 22.3. The number of nitrogens with zero attached hydrogens (tertiary/aromatic N) is 6. The largest absolute Gasteiger partial charge is 0.509 e. The van der Waals surface area contributed by atoms with Gasteiger partial charge in [0.25, 0.3) is 0 Å². The van der Waals surface area contributed by atoms with Crippen LogP contribution in [0.15, 0.2) is 25.3 Å². The van der Waals surface area contributed by atoms with Crippen molar-refractivity contribution < 1.29 is 78.7 Å². The number of alkyl halides is 6. The van der Waals surface area contributed by atoms with Gasteiger partial charge in [-0.2, -0.15) is 0 Å². The summed E-state index contributed by atoms with van der Waals surface area (Å²) >= 11 is 0. The molecule has 29 heteroatoms. The number of fused-ring (bicyclic) bond motifs is 12. The molecule has 28 unspecified atom stereocenters. The van der Waals surface area contributed by atoms with E-state index in [2.05, 4.69) is 54.9 Å². The van der Waals surface area contributed by atoms with Crippen molar-refractivity contribution in [2.24, 2.45) is 53.3 Å². The minimum Gasteiger partial charge on any atom is -0.427 e. The second-order valence-corrected chi connectivity index (χ2v) is 31.0. The zero-order valence-electron chi connectivity index (χ0n) is 57.4. The lowest BCUT2D eigenvalue weighted by Gasteiger charge is -2.61. The molecule has 6 N–H and O–H groups in total. The van der Waals surface area contributed by atoms with Gasteiger partial charge in [-0.1, -0.05) is 33.9 Å². The third-order valence-corrected chi connectivity index (χ3v) is 25.2. The Bertz CT molecular complexity index is 2850. The van der Waals surface area contributed by atoms with E-state index in [4.69, 9.17) is 28.4 Å². The van der Waals surface area contributed by atoms with Crippen molar-refractivity contribution >= 4 is 30.0 Å². The molecule has 13 fully saturated rings. The van der Waals surface area contributed by atoms with E-state index in [1.165, 1.54) is 12.2 Å². The molecule has 6 amide bonds. The Morgan fingerprint density at radius 2 is 1.16 bits per heavy atom. The fraction of sp³-hybridized carbons (Fsp3) is 0.870. The summed E-state index contributed by atoms with van der Waals surface area (Å²) in [6.07, 6.45) is -11.2. The molecule has 30 atom stereocenters. The van der Waals surface area contributed by atoms with E-state index in [0.29, 0.717) is 84.5 Å². The quantitative estimate of drug-likeness (QED) is 0.0786. The van der Waals surface area contributed by atoms with Crippen molar-refractivity contribution in [1.82, 2.24) is 61.3 Å². The van der Waals surface area contributed by atoms with E-state index in [-0.39, 0.29) is 94.4 Å². The Balaban J connectivity index is 0.843. The smallest absolute Gasteiger partial charge is 0.427 e. The van der Waals surface area contributed by atoms with Gasteiger partial charge in [-0.15, -0.1) is 0 Å². The van der Waals surface area contributed by atoms with Gasteiger partial charge in [0.15, 0.2) is 6.10 Å². The number of hydrogen-bond donors (Lipinski definition) is 6. The van der Waals surface area contributed by atoms with Gasteiger partial charge in [0.05, 0.1) is 81.5 Å². The molecule has 2 saturated carbocycles. The van der Waals surface area contributed by atoms with E-state index in [0.717, 1.165) is 0 Å². The van der Waals surface area contributed by atoms with Crippen LogP contribution in [-0.2, 0) is 38.0 Å². The Morgan fingerprint density at radius 1 is 0.612 bits per heavy atom. The van der Waals surface area contributed by atoms with Crippen molar-refractivity contribution in [3.8, 4) is 0 Å². The third-order valence-electron chi connectivity index (χ3n) is 25.2. The number of urea groups is 2. The number of carbonyl (C=O) groups excluding carboxylic acids is 5. The molecular weight excluding hydrogens is 1290 g/mol. The maximum Gasteiger partial charge on any atom is 0.509 e. The molecule has 11 aliphatic heterocycles. The molecule has 13 rings (SSSR count). The molecule has 0 aromatic carbocycles. The second kappa shape index (κ2) is 30.4. The van der Waals surface area contributed by atoms with E-state index in [9.17, 15) is 23.2 Å². The van der Waals surface area contributed by atoms with E-state index < -0.39 is 195 Å². The highest BCUT2D eigenvalue weighted by atomic mass is 19.2. The van der Waals surface area contributed by atoms with Gasteiger partial charge >= 0.3 is 18.2 Å². The van der Waals surface area contributed by atoms with Crippen molar-refractivity contribution in [2.45, 2.75) is 233 Å². The number of halogens is 6. The summed E-state index contributed by atoms with van der Waals surface area (Å²) in [5.74, 6) is -5.83. The SMILES string of the molecule is C=CC(=O)N1CCN(C2NC(=O)N3C4NC(C(F)CC42)C2C(F)CC(CC(C)C4NCCC5C6OC(=O)OC6COC6CCCC(F)C6C6NC7C(CC6F)C(N6CCN(C(=O)C=C)C[C@@H]6C)NC(=O)N7C54)CC2OCC(OCCF)C(OCCF)C2CCNC(C(C)C)C23)[C@@H](C)C1. The zero-order valence-corrected chi connectivity index (χ0v) is 57.4. The lowest BCUT2D eigenvalue weighted by atomic mass is 9.67. The number of piperazine rings is 2. The predicted molar refractivity (Wildman–Crippen MR) is 347 cm³/mol. The first-order valence-corrected chi connectivity index (χ1v) is 36.7. The van der Waals surface area contributed by atoms with Crippen LogP contribution in [0, 0.1) is 53.3 Å². The van der Waals surface area contributed by atoms with Crippen LogP contribution in [0.2, 0.25) is 0 Å². The summed E-state index contributed by atoms with van der Waals surface area (Å²) in [5.41, 5.74) is 0. The molecule has 0 spiro atoms. The van der Waals surface area contributed by atoms with Crippen LogP contribution in [0.3, 0.4) is 0 Å². The lowest BCUT2D eigenvalue weighted by molar-refractivity contribution is -0.182. The summed E-state index contributed by atoms with van der Waals surface area (Å²) in [4.78, 5) is 81.9. The maximum atomic E-state index is 18.6. The van der Waals surface area contributed by atoms with Gasteiger partial charge in [0.2, 0.25) is 11.8 Å². The molecular formula is C69H106F6N12O11. The molecule has 0 aromatic rings.